The van der Waals surface area contributed by atoms with Crippen LogP contribution in [0.3, 0.4) is 0 Å². The third-order valence-corrected chi connectivity index (χ3v) is 3.61. The van der Waals surface area contributed by atoms with Crippen LogP contribution in [-0.2, 0) is 4.74 Å². The highest BCUT2D eigenvalue weighted by Crippen LogP contribution is 2.30. The van der Waals surface area contributed by atoms with Gasteiger partial charge in [-0.05, 0) is 37.8 Å². The van der Waals surface area contributed by atoms with Gasteiger partial charge in [0.1, 0.15) is 5.69 Å². The molecule has 21 heavy (non-hydrogen) atoms. The molecule has 6 heteroatoms. The van der Waals surface area contributed by atoms with Crippen LogP contribution < -0.4 is 4.90 Å². The Morgan fingerprint density at radius 1 is 1.48 bits per heavy atom. The molecule has 0 spiro atoms. The lowest BCUT2D eigenvalue weighted by Gasteiger charge is -2.19. The zero-order valence-electron chi connectivity index (χ0n) is 12.4. The van der Waals surface area contributed by atoms with Crippen LogP contribution in [0.1, 0.15) is 30.1 Å². The largest absolute Gasteiger partial charge is 0.379 e. The summed E-state index contributed by atoms with van der Waals surface area (Å²) in [5, 5.41) is 11.2. The van der Waals surface area contributed by atoms with Crippen LogP contribution in [0.2, 0.25) is 0 Å². The van der Waals surface area contributed by atoms with Crippen LogP contribution >= 0.6 is 0 Å². The first-order valence-corrected chi connectivity index (χ1v) is 7.07. The van der Waals surface area contributed by atoms with Crippen molar-refractivity contribution in [1.82, 2.24) is 0 Å². The molecule has 0 heterocycles. The first kappa shape index (κ1) is 15.4. The van der Waals surface area contributed by atoms with Crippen molar-refractivity contribution >= 4 is 17.2 Å². The predicted octanol–water partition coefficient (Wildman–Crippen LogP) is 2.66. The summed E-state index contributed by atoms with van der Waals surface area (Å²) >= 11 is 0. The van der Waals surface area contributed by atoms with Crippen molar-refractivity contribution in [2.75, 3.05) is 31.7 Å². The number of nitro groups is 1. The molecule has 1 aromatic carbocycles. The van der Waals surface area contributed by atoms with Gasteiger partial charge < -0.3 is 9.64 Å². The number of benzene rings is 1. The molecule has 6 nitrogen and oxygen atoms in total. The minimum atomic E-state index is -0.455. The van der Waals surface area contributed by atoms with Gasteiger partial charge in [0.25, 0.3) is 5.69 Å². The fraction of sp³-hybridized carbons (Fsp3) is 0.533. The number of carbonyl (C=O) groups excluding carboxylic acids is 1. The summed E-state index contributed by atoms with van der Waals surface area (Å²) in [6.45, 7) is 3.29. The summed E-state index contributed by atoms with van der Waals surface area (Å²) in [6, 6.07) is 4.57. The van der Waals surface area contributed by atoms with E-state index in [1.807, 2.05) is 0 Å². The first-order chi connectivity index (χ1) is 9.99. The minimum absolute atomic E-state index is 0.0487. The molecule has 0 amide bonds. The van der Waals surface area contributed by atoms with Gasteiger partial charge in [0.15, 0.2) is 5.78 Å². The molecule has 0 atom stereocenters. The number of anilines is 1. The molecule has 0 N–H and O–H groups in total. The van der Waals surface area contributed by atoms with Gasteiger partial charge in [-0.3, -0.25) is 14.9 Å². The van der Waals surface area contributed by atoms with Gasteiger partial charge in [0.2, 0.25) is 0 Å². The van der Waals surface area contributed by atoms with E-state index in [-0.39, 0.29) is 11.5 Å². The number of likely N-dealkylation sites (N-methyl/N-ethyl adjacent to an activating group) is 1. The fourth-order valence-electron chi connectivity index (χ4n) is 2.07. The average Bonchev–Trinajstić information content (AvgIpc) is 3.26. The number of hydrogen-bond donors (Lipinski definition) is 0. The van der Waals surface area contributed by atoms with Crippen LogP contribution in [-0.4, -0.2) is 37.5 Å². The van der Waals surface area contributed by atoms with Gasteiger partial charge in [-0.15, -0.1) is 0 Å². The fourth-order valence-corrected chi connectivity index (χ4v) is 2.07. The number of rotatable bonds is 8. The number of hydrogen-bond acceptors (Lipinski definition) is 5. The van der Waals surface area contributed by atoms with Crippen LogP contribution in [0, 0.1) is 16.0 Å². The van der Waals surface area contributed by atoms with E-state index >= 15 is 0 Å². The van der Waals surface area contributed by atoms with Crippen LogP contribution in [0.15, 0.2) is 18.2 Å². The van der Waals surface area contributed by atoms with E-state index < -0.39 is 4.92 Å². The standard InChI is InChI=1S/C15H20N2O4/c1-11(18)13-5-6-14(15(9-13)17(19)20)16(2)7-8-21-10-12-3-4-12/h5-6,9,12H,3-4,7-8,10H2,1-2H3. The second-order valence-corrected chi connectivity index (χ2v) is 5.46. The number of nitrogens with zero attached hydrogens (tertiary/aromatic N) is 2. The summed E-state index contributed by atoms with van der Waals surface area (Å²) in [6.07, 6.45) is 2.49. The second kappa shape index (κ2) is 6.67. The number of nitro benzene ring substituents is 1. The van der Waals surface area contributed by atoms with Crippen molar-refractivity contribution in [3.63, 3.8) is 0 Å². The highest BCUT2D eigenvalue weighted by Gasteiger charge is 2.22. The number of ether oxygens (including phenoxy) is 1. The van der Waals surface area contributed by atoms with E-state index in [4.69, 9.17) is 4.74 Å². The monoisotopic (exact) mass is 292 g/mol. The van der Waals surface area contributed by atoms with Crippen LogP contribution in [0.25, 0.3) is 0 Å². The molecule has 0 radical (unpaired) electrons. The molecule has 2 rings (SSSR count). The summed E-state index contributed by atoms with van der Waals surface area (Å²) in [4.78, 5) is 23.8. The maximum Gasteiger partial charge on any atom is 0.293 e. The van der Waals surface area contributed by atoms with Gasteiger partial charge in [0.05, 0.1) is 11.5 Å². The predicted molar refractivity (Wildman–Crippen MR) is 79.9 cm³/mol. The molecule has 1 aromatic rings. The Bertz CT molecular complexity index is 540. The Morgan fingerprint density at radius 2 is 2.19 bits per heavy atom. The normalized spacial score (nSPS) is 14.0. The molecule has 0 unspecified atom stereocenters. The lowest BCUT2D eigenvalue weighted by Crippen LogP contribution is -2.24. The molecule has 114 valence electrons. The molecule has 0 aliphatic heterocycles. The Kier molecular flexibility index (Phi) is 4.90. The van der Waals surface area contributed by atoms with Crippen molar-refractivity contribution in [2.24, 2.45) is 5.92 Å². The lowest BCUT2D eigenvalue weighted by molar-refractivity contribution is -0.384. The summed E-state index contributed by atoms with van der Waals surface area (Å²) in [5.74, 6) is 0.527. The summed E-state index contributed by atoms with van der Waals surface area (Å²) in [5.41, 5.74) is 0.802. The molecule has 1 aliphatic rings. The number of Topliss-reactive ketones (excluding diaryl/α,β-unsaturated/α-hetero) is 1. The third kappa shape index (κ3) is 4.26. The third-order valence-electron chi connectivity index (χ3n) is 3.61. The smallest absolute Gasteiger partial charge is 0.293 e. The van der Waals surface area contributed by atoms with E-state index in [1.54, 1.807) is 24.1 Å². The van der Waals surface area contributed by atoms with Gasteiger partial charge in [-0.25, -0.2) is 0 Å². The average molecular weight is 292 g/mol. The highest BCUT2D eigenvalue weighted by molar-refractivity contribution is 5.95. The van der Waals surface area contributed by atoms with Crippen molar-refractivity contribution in [3.8, 4) is 0 Å². The van der Waals surface area contributed by atoms with E-state index in [1.165, 1.54) is 25.8 Å². The zero-order valence-corrected chi connectivity index (χ0v) is 12.4. The van der Waals surface area contributed by atoms with Gasteiger partial charge in [-0.1, -0.05) is 0 Å². The molecule has 0 bridgehead atoms. The Morgan fingerprint density at radius 3 is 2.76 bits per heavy atom. The SMILES string of the molecule is CC(=O)c1ccc(N(C)CCOCC2CC2)c([N+](=O)[O-])c1. The zero-order chi connectivity index (χ0) is 15.4. The molecule has 1 fully saturated rings. The van der Waals surface area contributed by atoms with Gasteiger partial charge in [0, 0.05) is 31.8 Å². The number of carbonyl (C=O) groups is 1. The molecule has 1 saturated carbocycles. The van der Waals surface area contributed by atoms with E-state index in [0.717, 1.165) is 6.61 Å². The minimum Gasteiger partial charge on any atom is -0.379 e. The quantitative estimate of drug-likeness (QED) is 0.319. The van der Waals surface area contributed by atoms with E-state index in [2.05, 4.69) is 0 Å². The Hall–Kier alpha value is -1.95. The van der Waals surface area contributed by atoms with Crippen molar-refractivity contribution in [2.45, 2.75) is 19.8 Å². The molecular weight excluding hydrogens is 272 g/mol. The van der Waals surface area contributed by atoms with E-state index in [0.29, 0.717) is 30.3 Å². The van der Waals surface area contributed by atoms with Crippen LogP contribution in [0.5, 0.6) is 0 Å². The summed E-state index contributed by atoms with van der Waals surface area (Å²) < 4.78 is 5.55. The topological polar surface area (TPSA) is 72.7 Å². The number of ketones is 1. The Balaban J connectivity index is 2.01. The molecule has 1 aliphatic carbocycles. The van der Waals surface area contributed by atoms with Gasteiger partial charge in [-0.2, -0.15) is 0 Å². The maximum atomic E-state index is 11.3. The molecule has 0 saturated heterocycles. The van der Waals surface area contributed by atoms with Gasteiger partial charge >= 0.3 is 0 Å². The molecular formula is C15H20N2O4. The first-order valence-electron chi connectivity index (χ1n) is 7.07. The van der Waals surface area contributed by atoms with Crippen LogP contribution in [0.4, 0.5) is 11.4 Å². The van der Waals surface area contributed by atoms with Crippen molar-refractivity contribution in [3.05, 3.63) is 33.9 Å². The van der Waals surface area contributed by atoms with Crippen molar-refractivity contribution < 1.29 is 14.5 Å². The Labute approximate surface area is 123 Å². The van der Waals surface area contributed by atoms with Crippen molar-refractivity contribution in [1.29, 1.82) is 0 Å². The maximum absolute atomic E-state index is 11.3. The molecule has 0 aromatic heterocycles. The lowest BCUT2D eigenvalue weighted by atomic mass is 10.1. The van der Waals surface area contributed by atoms with E-state index in [9.17, 15) is 14.9 Å². The second-order valence-electron chi connectivity index (χ2n) is 5.46. The highest BCUT2D eigenvalue weighted by atomic mass is 16.6. The summed E-state index contributed by atoms with van der Waals surface area (Å²) in [7, 11) is 1.79.